The number of carbonyl (C=O) groups excluding carboxylic acids is 1. The lowest BCUT2D eigenvalue weighted by Crippen LogP contribution is -2.25. The number of hydrogen-bond donors (Lipinski definition) is 2. The SMILES string of the molecule is Cc1ccc(O)c(C(=O)NCCc2nc3c(s2)CCCC3)c1. The summed E-state index contributed by atoms with van der Waals surface area (Å²) in [6, 6.07) is 5.04. The van der Waals surface area contributed by atoms with Crippen LogP contribution in [0, 0.1) is 6.92 Å². The summed E-state index contributed by atoms with van der Waals surface area (Å²) in [5.74, 6) is -0.213. The molecule has 22 heavy (non-hydrogen) atoms. The molecule has 0 aliphatic heterocycles. The van der Waals surface area contributed by atoms with E-state index in [-0.39, 0.29) is 11.7 Å². The molecule has 1 heterocycles. The van der Waals surface area contributed by atoms with Crippen LogP contribution in [-0.4, -0.2) is 22.5 Å². The summed E-state index contributed by atoms with van der Waals surface area (Å²) in [5, 5.41) is 13.7. The summed E-state index contributed by atoms with van der Waals surface area (Å²) in [5.41, 5.74) is 2.54. The Morgan fingerprint density at radius 3 is 3.00 bits per heavy atom. The Hall–Kier alpha value is -1.88. The molecule has 1 aliphatic rings. The third-order valence-electron chi connectivity index (χ3n) is 3.91. The highest BCUT2D eigenvalue weighted by atomic mass is 32.1. The number of thiazole rings is 1. The van der Waals surface area contributed by atoms with E-state index >= 15 is 0 Å². The number of carbonyl (C=O) groups is 1. The predicted molar refractivity (Wildman–Crippen MR) is 87.6 cm³/mol. The van der Waals surface area contributed by atoms with Gasteiger partial charge in [-0.1, -0.05) is 11.6 Å². The molecule has 3 rings (SSSR count). The van der Waals surface area contributed by atoms with Crippen molar-refractivity contribution < 1.29 is 9.90 Å². The van der Waals surface area contributed by atoms with E-state index in [4.69, 9.17) is 0 Å². The molecule has 1 aromatic heterocycles. The molecule has 0 fully saturated rings. The second kappa shape index (κ2) is 6.48. The van der Waals surface area contributed by atoms with Gasteiger partial charge in [-0.25, -0.2) is 4.98 Å². The number of benzene rings is 1. The molecule has 116 valence electrons. The molecule has 0 radical (unpaired) electrons. The van der Waals surface area contributed by atoms with Crippen LogP contribution in [0.15, 0.2) is 18.2 Å². The standard InChI is InChI=1S/C17H20N2O2S/c1-11-6-7-14(20)12(10-11)17(21)18-9-8-16-19-13-4-2-3-5-15(13)22-16/h6-7,10,20H,2-5,8-9H2,1H3,(H,18,21). The number of hydrogen-bond acceptors (Lipinski definition) is 4. The first-order valence-electron chi connectivity index (χ1n) is 7.69. The quantitative estimate of drug-likeness (QED) is 0.911. The Morgan fingerprint density at radius 1 is 1.36 bits per heavy atom. The van der Waals surface area contributed by atoms with Crippen molar-refractivity contribution in [3.8, 4) is 5.75 Å². The summed E-state index contributed by atoms with van der Waals surface area (Å²) in [6.45, 7) is 2.44. The van der Waals surface area contributed by atoms with Gasteiger partial charge >= 0.3 is 0 Å². The molecule has 0 saturated heterocycles. The number of nitrogens with zero attached hydrogens (tertiary/aromatic N) is 1. The van der Waals surface area contributed by atoms with Crippen molar-refractivity contribution >= 4 is 17.2 Å². The molecule has 5 heteroatoms. The molecule has 1 amide bonds. The number of amides is 1. The zero-order valence-electron chi connectivity index (χ0n) is 12.7. The van der Waals surface area contributed by atoms with Crippen LogP contribution in [0.3, 0.4) is 0 Å². The second-order valence-corrected chi connectivity index (χ2v) is 6.88. The molecular weight excluding hydrogens is 296 g/mol. The Balaban J connectivity index is 1.57. The highest BCUT2D eigenvalue weighted by Crippen LogP contribution is 2.26. The minimum absolute atomic E-state index is 0.0211. The lowest BCUT2D eigenvalue weighted by molar-refractivity contribution is 0.0951. The summed E-state index contributed by atoms with van der Waals surface area (Å²) in [6.07, 6.45) is 5.49. The Bertz CT molecular complexity index is 670. The van der Waals surface area contributed by atoms with Crippen LogP contribution < -0.4 is 5.32 Å². The summed E-state index contributed by atoms with van der Waals surface area (Å²) >= 11 is 1.78. The maximum atomic E-state index is 12.1. The van der Waals surface area contributed by atoms with E-state index < -0.39 is 0 Å². The minimum Gasteiger partial charge on any atom is -0.507 e. The Labute approximate surface area is 134 Å². The molecule has 2 N–H and O–H groups in total. The third kappa shape index (κ3) is 3.30. The lowest BCUT2D eigenvalue weighted by Gasteiger charge is -2.07. The van der Waals surface area contributed by atoms with Crippen molar-refractivity contribution in [1.82, 2.24) is 10.3 Å². The predicted octanol–water partition coefficient (Wildman–Crippen LogP) is 3.01. The first-order chi connectivity index (χ1) is 10.6. The zero-order valence-corrected chi connectivity index (χ0v) is 13.5. The number of aromatic nitrogens is 1. The maximum absolute atomic E-state index is 12.1. The maximum Gasteiger partial charge on any atom is 0.255 e. The zero-order chi connectivity index (χ0) is 15.5. The number of nitrogens with one attached hydrogen (secondary N) is 1. The van der Waals surface area contributed by atoms with Gasteiger partial charge in [0.2, 0.25) is 0 Å². The largest absolute Gasteiger partial charge is 0.507 e. The normalized spacial score (nSPS) is 13.7. The van der Waals surface area contributed by atoms with E-state index in [1.165, 1.54) is 23.4 Å². The Morgan fingerprint density at radius 2 is 2.18 bits per heavy atom. The third-order valence-corrected chi connectivity index (χ3v) is 5.13. The second-order valence-electron chi connectivity index (χ2n) is 5.71. The number of aryl methyl sites for hydroxylation is 3. The molecule has 1 aliphatic carbocycles. The van der Waals surface area contributed by atoms with Crippen LogP contribution in [0.1, 0.15) is 44.3 Å². The number of aromatic hydroxyl groups is 1. The van der Waals surface area contributed by atoms with E-state index in [2.05, 4.69) is 10.3 Å². The molecule has 0 saturated carbocycles. The highest BCUT2D eigenvalue weighted by Gasteiger charge is 2.15. The lowest BCUT2D eigenvalue weighted by atomic mass is 10.0. The summed E-state index contributed by atoms with van der Waals surface area (Å²) < 4.78 is 0. The van der Waals surface area contributed by atoms with E-state index in [0.29, 0.717) is 12.1 Å². The molecule has 4 nitrogen and oxygen atoms in total. The fourth-order valence-electron chi connectivity index (χ4n) is 2.72. The fraction of sp³-hybridized carbons (Fsp3) is 0.412. The van der Waals surface area contributed by atoms with Gasteiger partial charge in [0.1, 0.15) is 5.75 Å². The van der Waals surface area contributed by atoms with Crippen molar-refractivity contribution in [2.24, 2.45) is 0 Å². The fourth-order valence-corrected chi connectivity index (χ4v) is 3.88. The van der Waals surface area contributed by atoms with Crippen molar-refractivity contribution in [3.05, 3.63) is 44.9 Å². The first kappa shape index (κ1) is 15.0. The molecule has 0 atom stereocenters. The summed E-state index contributed by atoms with van der Waals surface area (Å²) in [4.78, 5) is 18.2. The number of rotatable bonds is 4. The van der Waals surface area contributed by atoms with E-state index in [1.807, 2.05) is 6.92 Å². The van der Waals surface area contributed by atoms with Crippen molar-refractivity contribution in [2.75, 3.05) is 6.54 Å². The van der Waals surface area contributed by atoms with Crippen molar-refractivity contribution in [1.29, 1.82) is 0 Å². The van der Waals surface area contributed by atoms with Crippen molar-refractivity contribution in [2.45, 2.75) is 39.0 Å². The molecule has 0 bridgehead atoms. The molecular formula is C17H20N2O2S. The van der Waals surface area contributed by atoms with Crippen LogP contribution in [0.4, 0.5) is 0 Å². The Kier molecular flexibility index (Phi) is 4.43. The monoisotopic (exact) mass is 316 g/mol. The number of phenolic OH excluding ortho intramolecular Hbond substituents is 1. The van der Waals surface area contributed by atoms with Gasteiger partial charge in [0, 0.05) is 17.8 Å². The van der Waals surface area contributed by atoms with E-state index in [0.717, 1.165) is 29.8 Å². The number of fused-ring (bicyclic) bond motifs is 1. The average molecular weight is 316 g/mol. The minimum atomic E-state index is -0.234. The summed E-state index contributed by atoms with van der Waals surface area (Å²) in [7, 11) is 0. The van der Waals surface area contributed by atoms with E-state index in [9.17, 15) is 9.90 Å². The van der Waals surface area contributed by atoms with Gasteiger partial charge in [-0.05, 0) is 44.7 Å². The van der Waals surface area contributed by atoms with E-state index in [1.54, 1.807) is 29.5 Å². The van der Waals surface area contributed by atoms with Gasteiger partial charge < -0.3 is 10.4 Å². The van der Waals surface area contributed by atoms with Crippen molar-refractivity contribution in [3.63, 3.8) is 0 Å². The molecule has 0 unspecified atom stereocenters. The van der Waals surface area contributed by atoms with Gasteiger partial charge in [0.25, 0.3) is 5.91 Å². The molecule has 1 aromatic carbocycles. The van der Waals surface area contributed by atoms with Gasteiger partial charge in [-0.2, -0.15) is 0 Å². The number of phenols is 1. The van der Waals surface area contributed by atoms with Crippen LogP contribution in [0.25, 0.3) is 0 Å². The highest BCUT2D eigenvalue weighted by molar-refractivity contribution is 7.11. The molecule has 0 spiro atoms. The van der Waals surface area contributed by atoms with Gasteiger partial charge in [-0.15, -0.1) is 11.3 Å². The van der Waals surface area contributed by atoms with Crippen LogP contribution in [0.2, 0.25) is 0 Å². The van der Waals surface area contributed by atoms with Crippen LogP contribution in [0.5, 0.6) is 5.75 Å². The van der Waals surface area contributed by atoms with Crippen LogP contribution >= 0.6 is 11.3 Å². The smallest absolute Gasteiger partial charge is 0.255 e. The van der Waals surface area contributed by atoms with Crippen LogP contribution in [-0.2, 0) is 19.3 Å². The average Bonchev–Trinajstić information content (AvgIpc) is 2.92. The van der Waals surface area contributed by atoms with Gasteiger partial charge in [-0.3, -0.25) is 4.79 Å². The van der Waals surface area contributed by atoms with Gasteiger partial charge in [0.15, 0.2) is 0 Å². The first-order valence-corrected chi connectivity index (χ1v) is 8.50. The molecule has 2 aromatic rings. The topological polar surface area (TPSA) is 62.2 Å². The van der Waals surface area contributed by atoms with Gasteiger partial charge in [0.05, 0.1) is 16.3 Å².